The van der Waals surface area contributed by atoms with E-state index in [1.165, 1.54) is 152 Å². The molecule has 0 aliphatic heterocycles. The molecule has 0 aliphatic carbocycles. The molecule has 360 valence electrons. The van der Waals surface area contributed by atoms with Crippen LogP contribution in [-0.2, 0) is 65.4 Å². The van der Waals surface area contributed by atoms with E-state index in [0.717, 1.165) is 86.1 Å². The summed E-state index contributed by atoms with van der Waals surface area (Å²) in [7, 11) is -9.00. The quantitative estimate of drug-likeness (QED) is 0.0262. The van der Waals surface area contributed by atoms with Gasteiger partial charge in [0.1, 0.15) is 20.2 Å². The smallest absolute Gasteiger partial charge is 0.744 e. The van der Waals surface area contributed by atoms with E-state index >= 15 is 0 Å². The Morgan fingerprint density at radius 3 is 0.831 bits per heavy atom. The van der Waals surface area contributed by atoms with Crippen LogP contribution < -0.4 is 0 Å². The summed E-state index contributed by atoms with van der Waals surface area (Å²) in [4.78, 5) is -0.0938. The summed E-state index contributed by atoms with van der Waals surface area (Å²) in [6, 6.07) is 18.9. The summed E-state index contributed by atoms with van der Waals surface area (Å²) in [6.45, 7) is 8.92. The molecule has 0 saturated carbocycles. The molecule has 4 aromatic carbocycles. The van der Waals surface area contributed by atoms with Crippen LogP contribution in [0.4, 0.5) is 0 Å². The third kappa shape index (κ3) is 22.2. The number of rotatable bonds is 34. The van der Waals surface area contributed by atoms with Crippen LogP contribution in [0.1, 0.15) is 230 Å². The van der Waals surface area contributed by atoms with Gasteiger partial charge in [0.05, 0.1) is 9.79 Å². The minimum absolute atomic E-state index is 0. The van der Waals surface area contributed by atoms with Gasteiger partial charge in [-0.15, -0.1) is 0 Å². The molecule has 0 fully saturated rings. The summed E-state index contributed by atoms with van der Waals surface area (Å²) in [5, 5.41) is 3.25. The maximum Gasteiger partial charge on any atom is 2.00 e. The fraction of sp³-hybridized carbons (Fsp3) is 0.643. The molecule has 0 aliphatic rings. The molecule has 0 saturated heterocycles. The summed E-state index contributed by atoms with van der Waals surface area (Å²) < 4.78 is 72.1. The molecule has 0 unspecified atom stereocenters. The van der Waals surface area contributed by atoms with Crippen molar-refractivity contribution in [1.82, 2.24) is 0 Å². The predicted molar refractivity (Wildman–Crippen MR) is 271 cm³/mol. The first-order valence-electron chi connectivity index (χ1n) is 26.0. The van der Waals surface area contributed by atoms with Crippen LogP contribution in [0, 0.1) is 0 Å². The van der Waals surface area contributed by atoms with Crippen molar-refractivity contribution < 1.29 is 45.4 Å². The Bertz CT molecular complexity index is 1960. The van der Waals surface area contributed by atoms with Gasteiger partial charge < -0.3 is 9.11 Å². The van der Waals surface area contributed by atoms with Gasteiger partial charge in [0.15, 0.2) is 0 Å². The third-order valence-corrected chi connectivity index (χ3v) is 14.9. The molecule has 0 N–H and O–H groups in total. The number of hydrogen-bond donors (Lipinski definition) is 0. The molecule has 0 amide bonds. The van der Waals surface area contributed by atoms with E-state index in [0.29, 0.717) is 10.8 Å². The van der Waals surface area contributed by atoms with Crippen molar-refractivity contribution in [3.63, 3.8) is 0 Å². The van der Waals surface area contributed by atoms with Crippen molar-refractivity contribution in [2.24, 2.45) is 0 Å². The minimum atomic E-state index is -4.50. The SMILES string of the molecule is CCCCCCCCCc1ccc(S(=O)(=O)[O-])c2c(CCCCCCCCC)cccc12.CCCCCCCCCc1ccc(S(=O)(=O)[O-])c2c(CCCCCCCCC)cccc12.[Zn+2]. The Balaban J connectivity index is 0.000000440. The van der Waals surface area contributed by atoms with Gasteiger partial charge >= 0.3 is 19.5 Å². The number of benzene rings is 4. The number of hydrogen-bond acceptors (Lipinski definition) is 6. The van der Waals surface area contributed by atoms with Crippen molar-refractivity contribution in [3.05, 3.63) is 82.9 Å². The van der Waals surface area contributed by atoms with Crippen molar-refractivity contribution in [2.75, 3.05) is 0 Å². The van der Waals surface area contributed by atoms with Crippen LogP contribution >= 0.6 is 0 Å². The molecule has 65 heavy (non-hydrogen) atoms. The molecule has 4 rings (SSSR count). The molecule has 9 heteroatoms. The van der Waals surface area contributed by atoms with Gasteiger partial charge in [0.2, 0.25) is 0 Å². The normalized spacial score (nSPS) is 11.8. The van der Waals surface area contributed by atoms with Crippen molar-refractivity contribution in [1.29, 1.82) is 0 Å². The Hall–Kier alpha value is -2.16. The Morgan fingerprint density at radius 1 is 0.323 bits per heavy atom. The van der Waals surface area contributed by atoms with Crippen molar-refractivity contribution in [2.45, 2.75) is 243 Å². The van der Waals surface area contributed by atoms with Crippen LogP contribution in [0.25, 0.3) is 21.5 Å². The first kappa shape index (κ1) is 59.0. The molecule has 0 bridgehead atoms. The number of aryl methyl sites for hydroxylation is 4. The fourth-order valence-electron chi connectivity index (χ4n) is 9.38. The van der Waals surface area contributed by atoms with Gasteiger partial charge in [0, 0.05) is 10.8 Å². The van der Waals surface area contributed by atoms with Gasteiger partial charge in [-0.3, -0.25) is 0 Å². The zero-order chi connectivity index (χ0) is 46.5. The average molecular weight is 985 g/mol. The van der Waals surface area contributed by atoms with Crippen LogP contribution in [0.5, 0.6) is 0 Å². The molecule has 0 spiro atoms. The van der Waals surface area contributed by atoms with E-state index in [1.807, 2.05) is 48.5 Å². The Morgan fingerprint density at radius 2 is 0.569 bits per heavy atom. The summed E-state index contributed by atoms with van der Waals surface area (Å²) in [5.41, 5.74) is 4.35. The first-order chi connectivity index (χ1) is 31.0. The van der Waals surface area contributed by atoms with Gasteiger partial charge in [-0.1, -0.05) is 230 Å². The zero-order valence-corrected chi connectivity index (χ0v) is 46.0. The molecular formula is C56H86O6S2Zn. The van der Waals surface area contributed by atoms with Gasteiger partial charge in [-0.25, -0.2) is 16.8 Å². The second-order valence-corrected chi connectivity index (χ2v) is 21.2. The molecule has 0 heterocycles. The standard InChI is InChI=1S/2C28H44O3S.Zn/c2*1-3-5-7-9-11-13-15-18-24-22-23-27(32(29,30)31)28-25(20-17-21-26(24)28)19-16-14-12-10-8-6-4-2;/h2*17,20-23H,3-16,18-19H2,1-2H3,(H,29,30,31);/q;;+2/p-2. The second-order valence-electron chi connectivity index (χ2n) is 18.5. The average Bonchev–Trinajstić information content (AvgIpc) is 3.27. The van der Waals surface area contributed by atoms with Gasteiger partial charge in [-0.05, 0) is 96.5 Å². The van der Waals surface area contributed by atoms with E-state index in [1.54, 1.807) is 12.1 Å². The zero-order valence-electron chi connectivity index (χ0n) is 41.4. The fourth-order valence-corrected chi connectivity index (χ4v) is 10.8. The van der Waals surface area contributed by atoms with Crippen molar-refractivity contribution in [3.8, 4) is 0 Å². The summed E-state index contributed by atoms with van der Waals surface area (Å²) in [6.07, 6.45) is 38.1. The maximum atomic E-state index is 12.0. The topological polar surface area (TPSA) is 114 Å². The molecular weight excluding hydrogens is 898 g/mol. The maximum absolute atomic E-state index is 12.0. The van der Waals surface area contributed by atoms with Crippen LogP contribution in [-0.4, -0.2) is 25.9 Å². The molecule has 6 nitrogen and oxygen atoms in total. The van der Waals surface area contributed by atoms with E-state index in [9.17, 15) is 25.9 Å². The minimum Gasteiger partial charge on any atom is -0.744 e. The predicted octanol–water partition coefficient (Wildman–Crippen LogP) is 16.7. The largest absolute Gasteiger partial charge is 2.00 e. The molecule has 4 aromatic rings. The summed E-state index contributed by atoms with van der Waals surface area (Å²) >= 11 is 0. The third-order valence-electron chi connectivity index (χ3n) is 13.1. The molecule has 0 atom stereocenters. The number of fused-ring (bicyclic) bond motifs is 2. The van der Waals surface area contributed by atoms with Gasteiger partial charge in [-0.2, -0.15) is 0 Å². The van der Waals surface area contributed by atoms with Crippen LogP contribution in [0.2, 0.25) is 0 Å². The van der Waals surface area contributed by atoms with E-state index in [2.05, 4.69) is 27.7 Å². The Labute approximate surface area is 410 Å². The molecule has 0 radical (unpaired) electrons. The number of unbranched alkanes of at least 4 members (excludes halogenated alkanes) is 24. The monoisotopic (exact) mass is 983 g/mol. The van der Waals surface area contributed by atoms with E-state index in [-0.39, 0.29) is 29.3 Å². The van der Waals surface area contributed by atoms with Crippen molar-refractivity contribution >= 4 is 41.8 Å². The second kappa shape index (κ2) is 34.2. The van der Waals surface area contributed by atoms with E-state index in [4.69, 9.17) is 0 Å². The first-order valence-corrected chi connectivity index (χ1v) is 28.8. The molecule has 0 aromatic heterocycles. The van der Waals surface area contributed by atoms with Crippen LogP contribution in [0.15, 0.2) is 70.5 Å². The summed E-state index contributed by atoms with van der Waals surface area (Å²) in [5.74, 6) is 0. The van der Waals surface area contributed by atoms with Gasteiger partial charge in [0.25, 0.3) is 0 Å². The van der Waals surface area contributed by atoms with E-state index < -0.39 is 20.2 Å². The van der Waals surface area contributed by atoms with Crippen LogP contribution in [0.3, 0.4) is 0 Å². The Kier molecular flexibility index (Phi) is 31.0.